The minimum atomic E-state index is 0. The summed E-state index contributed by atoms with van der Waals surface area (Å²) in [6.45, 7) is 11.7. The monoisotopic (exact) mass is 230 g/mol. The first-order chi connectivity index (χ1) is 7.15. The summed E-state index contributed by atoms with van der Waals surface area (Å²) in [6.07, 6.45) is 2.69. The topological polar surface area (TPSA) is 65.6 Å². The maximum atomic E-state index is 11.2. The maximum absolute atomic E-state index is 11.2. The van der Waals surface area contributed by atoms with Crippen molar-refractivity contribution in [3.05, 3.63) is 11.6 Å². The Hall–Kier alpha value is -0.960. The first-order valence-corrected chi connectivity index (χ1v) is 5.88. The van der Waals surface area contributed by atoms with Crippen molar-refractivity contribution in [3.8, 4) is 0 Å². The SMILES string of the molecule is CC.CC.CC=C1C(=O)CC(C)CC1=O.O. The van der Waals surface area contributed by atoms with Gasteiger partial charge < -0.3 is 5.48 Å². The van der Waals surface area contributed by atoms with E-state index in [-0.39, 0.29) is 23.0 Å². The van der Waals surface area contributed by atoms with E-state index in [1.54, 1.807) is 13.0 Å². The first-order valence-electron chi connectivity index (χ1n) is 5.88. The van der Waals surface area contributed by atoms with Gasteiger partial charge in [0.1, 0.15) is 0 Å². The van der Waals surface area contributed by atoms with Gasteiger partial charge in [0.2, 0.25) is 0 Å². The molecule has 96 valence electrons. The van der Waals surface area contributed by atoms with Crippen LogP contribution in [0.1, 0.15) is 54.4 Å². The van der Waals surface area contributed by atoms with Crippen molar-refractivity contribution >= 4 is 11.6 Å². The Morgan fingerprint density at radius 1 is 1.00 bits per heavy atom. The lowest BCUT2D eigenvalue weighted by Crippen LogP contribution is -2.23. The van der Waals surface area contributed by atoms with Crippen molar-refractivity contribution in [3.63, 3.8) is 0 Å². The van der Waals surface area contributed by atoms with Gasteiger partial charge in [-0.25, -0.2) is 0 Å². The molecule has 1 rings (SSSR count). The van der Waals surface area contributed by atoms with Crippen molar-refractivity contribution in [1.82, 2.24) is 0 Å². The second kappa shape index (κ2) is 12.1. The van der Waals surface area contributed by atoms with Gasteiger partial charge in [0, 0.05) is 12.8 Å². The molecule has 0 atom stereocenters. The predicted molar refractivity (Wildman–Crippen MR) is 68.5 cm³/mol. The lowest BCUT2D eigenvalue weighted by molar-refractivity contribution is -0.125. The number of rotatable bonds is 0. The quantitative estimate of drug-likeness (QED) is 0.474. The van der Waals surface area contributed by atoms with Crippen molar-refractivity contribution < 1.29 is 15.1 Å². The first kappa shape index (κ1) is 20.5. The van der Waals surface area contributed by atoms with Crippen LogP contribution in [-0.2, 0) is 9.59 Å². The maximum Gasteiger partial charge on any atom is 0.166 e. The Bertz CT molecular complexity index is 209. The number of ketones is 2. The molecule has 0 amide bonds. The zero-order valence-electron chi connectivity index (χ0n) is 11.4. The Kier molecular flexibility index (Phi) is 15.5. The van der Waals surface area contributed by atoms with Gasteiger partial charge in [0.05, 0.1) is 5.57 Å². The van der Waals surface area contributed by atoms with E-state index in [0.717, 1.165) is 0 Å². The van der Waals surface area contributed by atoms with Crippen LogP contribution in [-0.4, -0.2) is 17.0 Å². The van der Waals surface area contributed by atoms with Gasteiger partial charge in [0.25, 0.3) is 0 Å². The Morgan fingerprint density at radius 2 is 1.31 bits per heavy atom. The lowest BCUT2D eigenvalue weighted by Gasteiger charge is -2.17. The smallest absolute Gasteiger partial charge is 0.166 e. The Morgan fingerprint density at radius 3 is 1.56 bits per heavy atom. The minimum absolute atomic E-state index is 0. The second-order valence-electron chi connectivity index (χ2n) is 3.06. The molecule has 2 N–H and O–H groups in total. The summed E-state index contributed by atoms with van der Waals surface area (Å²) in [6, 6.07) is 0. The molecule has 0 bridgehead atoms. The van der Waals surface area contributed by atoms with E-state index in [1.807, 2.05) is 34.6 Å². The fourth-order valence-electron chi connectivity index (χ4n) is 1.40. The summed E-state index contributed by atoms with van der Waals surface area (Å²) >= 11 is 0. The average molecular weight is 230 g/mol. The van der Waals surface area contributed by atoms with Gasteiger partial charge in [0.15, 0.2) is 11.6 Å². The molecule has 1 aliphatic carbocycles. The third kappa shape index (κ3) is 6.51. The molecule has 0 aromatic carbocycles. The van der Waals surface area contributed by atoms with Crippen LogP contribution in [0.2, 0.25) is 0 Å². The molecule has 0 saturated heterocycles. The number of hydrogen-bond donors (Lipinski definition) is 0. The van der Waals surface area contributed by atoms with E-state index in [4.69, 9.17) is 0 Å². The highest BCUT2D eigenvalue weighted by Gasteiger charge is 2.26. The summed E-state index contributed by atoms with van der Waals surface area (Å²) in [5.74, 6) is 0.256. The van der Waals surface area contributed by atoms with Crippen LogP contribution in [0.15, 0.2) is 11.6 Å². The Labute approximate surface area is 99.2 Å². The molecule has 3 nitrogen and oxygen atoms in total. The molecule has 1 aliphatic rings. The zero-order valence-corrected chi connectivity index (χ0v) is 11.4. The van der Waals surface area contributed by atoms with E-state index in [1.165, 1.54) is 0 Å². The van der Waals surface area contributed by atoms with Crippen molar-refractivity contribution in [2.75, 3.05) is 0 Å². The Balaban J connectivity index is -0.000000305. The molecule has 16 heavy (non-hydrogen) atoms. The molecule has 1 saturated carbocycles. The molecular formula is C13H26O3. The van der Waals surface area contributed by atoms with Crippen LogP contribution in [0.25, 0.3) is 0 Å². The van der Waals surface area contributed by atoms with Crippen molar-refractivity contribution in [2.45, 2.75) is 54.4 Å². The van der Waals surface area contributed by atoms with Crippen LogP contribution in [0, 0.1) is 5.92 Å². The highest BCUT2D eigenvalue weighted by molar-refractivity contribution is 6.21. The van der Waals surface area contributed by atoms with Gasteiger partial charge in [-0.1, -0.05) is 40.7 Å². The fourth-order valence-corrected chi connectivity index (χ4v) is 1.40. The molecule has 0 spiro atoms. The van der Waals surface area contributed by atoms with Crippen LogP contribution in [0.4, 0.5) is 0 Å². The van der Waals surface area contributed by atoms with Crippen LogP contribution in [0.5, 0.6) is 0 Å². The highest BCUT2D eigenvalue weighted by atomic mass is 16.1. The van der Waals surface area contributed by atoms with Gasteiger partial charge in [-0.15, -0.1) is 0 Å². The number of allylic oxidation sites excluding steroid dienone is 2. The minimum Gasteiger partial charge on any atom is -0.412 e. The van der Waals surface area contributed by atoms with E-state index in [0.29, 0.717) is 18.4 Å². The average Bonchev–Trinajstić information content (AvgIpc) is 2.23. The summed E-state index contributed by atoms with van der Waals surface area (Å²) in [5.41, 5.74) is 0.406. The van der Waals surface area contributed by atoms with E-state index in [9.17, 15) is 9.59 Å². The number of hydrogen-bond acceptors (Lipinski definition) is 2. The number of carbonyl (C=O) groups excluding carboxylic acids is 2. The zero-order chi connectivity index (χ0) is 12.4. The highest BCUT2D eigenvalue weighted by Crippen LogP contribution is 2.21. The largest absolute Gasteiger partial charge is 0.412 e. The van der Waals surface area contributed by atoms with Crippen LogP contribution >= 0.6 is 0 Å². The molecular weight excluding hydrogens is 204 g/mol. The van der Waals surface area contributed by atoms with Gasteiger partial charge in [-0.3, -0.25) is 9.59 Å². The van der Waals surface area contributed by atoms with Crippen LogP contribution in [0.3, 0.4) is 0 Å². The van der Waals surface area contributed by atoms with E-state index < -0.39 is 0 Å². The summed E-state index contributed by atoms with van der Waals surface area (Å²) < 4.78 is 0. The van der Waals surface area contributed by atoms with E-state index >= 15 is 0 Å². The van der Waals surface area contributed by atoms with Gasteiger partial charge in [-0.2, -0.15) is 0 Å². The molecule has 0 heterocycles. The summed E-state index contributed by atoms with van der Waals surface area (Å²) in [5, 5.41) is 0. The third-order valence-electron chi connectivity index (χ3n) is 1.96. The van der Waals surface area contributed by atoms with Crippen LogP contribution < -0.4 is 0 Å². The van der Waals surface area contributed by atoms with Crippen molar-refractivity contribution in [1.29, 1.82) is 0 Å². The molecule has 0 aromatic rings. The number of carbonyl (C=O) groups is 2. The van der Waals surface area contributed by atoms with Crippen molar-refractivity contribution in [2.24, 2.45) is 5.92 Å². The fraction of sp³-hybridized carbons (Fsp3) is 0.692. The molecule has 1 fully saturated rings. The van der Waals surface area contributed by atoms with E-state index in [2.05, 4.69) is 0 Å². The molecule has 0 radical (unpaired) electrons. The predicted octanol–water partition coefficient (Wildman–Crippen LogP) is 2.73. The third-order valence-corrected chi connectivity index (χ3v) is 1.96. The molecule has 3 heteroatoms. The van der Waals surface area contributed by atoms with Gasteiger partial charge >= 0.3 is 0 Å². The standard InChI is InChI=1S/C9H12O2.2C2H6.H2O/c1-3-7-8(10)4-6(2)5-9(7)11;2*1-2;/h3,6H,4-5H2,1-2H3;2*1-2H3;1H2. The normalized spacial score (nSPS) is 18.4. The second-order valence-corrected chi connectivity index (χ2v) is 3.06. The lowest BCUT2D eigenvalue weighted by atomic mass is 9.85. The summed E-state index contributed by atoms with van der Waals surface area (Å²) in [7, 11) is 0. The molecule has 0 aliphatic heterocycles. The molecule has 0 aromatic heterocycles. The summed E-state index contributed by atoms with van der Waals surface area (Å²) in [4.78, 5) is 22.3. The molecule has 0 unspecified atom stereocenters. The van der Waals surface area contributed by atoms with Gasteiger partial charge in [-0.05, 0) is 12.8 Å². The number of Topliss-reactive ketones (excluding diaryl/α,β-unsaturated/α-hetero) is 2.